The van der Waals surface area contributed by atoms with Gasteiger partial charge in [0.1, 0.15) is 18.0 Å². The van der Waals surface area contributed by atoms with Gasteiger partial charge >= 0.3 is 12.1 Å². The summed E-state index contributed by atoms with van der Waals surface area (Å²) in [4.78, 5) is 31.6. The van der Waals surface area contributed by atoms with Crippen LogP contribution in [0.4, 0.5) is 23.5 Å². The number of nitrogens with zero attached hydrogens (tertiary/aromatic N) is 5. The van der Waals surface area contributed by atoms with Crippen molar-refractivity contribution < 1.29 is 27.5 Å². The number of aliphatic carboxylic acids is 1. The van der Waals surface area contributed by atoms with E-state index in [0.717, 1.165) is 30.2 Å². The number of aromatic amines is 1. The van der Waals surface area contributed by atoms with Gasteiger partial charge in [-0.05, 0) is 19.1 Å². The largest absolute Gasteiger partial charge is 0.490 e. The van der Waals surface area contributed by atoms with Crippen molar-refractivity contribution in [1.82, 2.24) is 24.9 Å². The Morgan fingerprint density at radius 1 is 1.23 bits per heavy atom. The summed E-state index contributed by atoms with van der Waals surface area (Å²) in [7, 11) is 0. The summed E-state index contributed by atoms with van der Waals surface area (Å²) in [5, 5.41) is 7.12. The van der Waals surface area contributed by atoms with E-state index < -0.39 is 12.1 Å². The van der Waals surface area contributed by atoms with E-state index >= 15 is 0 Å². The molecule has 30 heavy (non-hydrogen) atoms. The van der Waals surface area contributed by atoms with E-state index in [1.165, 1.54) is 18.5 Å². The lowest BCUT2D eigenvalue weighted by molar-refractivity contribution is -0.192. The smallest absolute Gasteiger partial charge is 0.475 e. The summed E-state index contributed by atoms with van der Waals surface area (Å²) in [6.45, 7) is 3.43. The van der Waals surface area contributed by atoms with Gasteiger partial charge in [0.05, 0.1) is 17.9 Å². The number of aryl methyl sites for hydroxylation is 1. The van der Waals surface area contributed by atoms with E-state index in [9.17, 15) is 17.6 Å². The third kappa shape index (κ3) is 5.07. The van der Waals surface area contributed by atoms with Crippen molar-refractivity contribution >= 4 is 11.9 Å². The lowest BCUT2D eigenvalue weighted by Gasteiger charge is -2.26. The Morgan fingerprint density at radius 3 is 2.63 bits per heavy atom. The molecule has 0 spiro atoms. The molecule has 8 nitrogen and oxygen atoms in total. The second kappa shape index (κ2) is 8.43. The molecule has 0 saturated heterocycles. The van der Waals surface area contributed by atoms with Gasteiger partial charge in [0.25, 0.3) is 0 Å². The predicted molar refractivity (Wildman–Crippen MR) is 97.0 cm³/mol. The third-order valence-electron chi connectivity index (χ3n) is 4.12. The Morgan fingerprint density at radius 2 is 1.97 bits per heavy atom. The molecule has 0 amide bonds. The number of imidazole rings is 1. The number of aromatic nitrogens is 5. The summed E-state index contributed by atoms with van der Waals surface area (Å²) >= 11 is 0. The average Bonchev–Trinajstić information content (AvgIpc) is 3.07. The molecule has 3 aromatic rings. The zero-order valence-corrected chi connectivity index (χ0v) is 15.6. The number of nitrogens with one attached hydrogen (secondary N) is 1. The lowest BCUT2D eigenvalue weighted by atomic mass is 10.1. The van der Waals surface area contributed by atoms with Crippen molar-refractivity contribution in [3.63, 3.8) is 0 Å². The number of hydrogen-bond acceptors (Lipinski definition) is 6. The molecule has 1 aliphatic rings. The molecule has 1 aromatic carbocycles. The highest BCUT2D eigenvalue weighted by molar-refractivity contribution is 5.73. The van der Waals surface area contributed by atoms with E-state index in [1.54, 1.807) is 12.1 Å². The number of carbonyl (C=O) groups is 1. The zero-order valence-electron chi connectivity index (χ0n) is 15.6. The summed E-state index contributed by atoms with van der Waals surface area (Å²) in [5.41, 5.74) is 2.85. The van der Waals surface area contributed by atoms with E-state index in [4.69, 9.17) is 9.90 Å². The molecule has 0 atom stereocenters. The Kier molecular flexibility index (Phi) is 5.94. The maximum absolute atomic E-state index is 13.4. The summed E-state index contributed by atoms with van der Waals surface area (Å²) < 4.78 is 45.1. The average molecular weight is 424 g/mol. The van der Waals surface area contributed by atoms with Gasteiger partial charge in [-0.15, -0.1) is 0 Å². The molecule has 0 radical (unpaired) electrons. The van der Waals surface area contributed by atoms with Gasteiger partial charge in [-0.3, -0.25) is 0 Å². The van der Waals surface area contributed by atoms with Crippen molar-refractivity contribution in [3.05, 3.63) is 53.6 Å². The molecule has 1 aliphatic heterocycles. The standard InChI is InChI=1S/C16H15FN6.C2HF3O2/c1-10-20-13-5-6-23(8-14(13)21-10)16-19-9-18-15(22-16)11-3-2-4-12(17)7-11;3-2(4,5)1(6)7/h2-4,7,9H,5-6,8H2,1H3,(H,20,21);(H,6,7). The molecule has 4 rings (SSSR count). The molecule has 0 aliphatic carbocycles. The maximum Gasteiger partial charge on any atom is 0.490 e. The SMILES string of the molecule is Cc1nc2c([nH]1)CN(c1ncnc(-c3cccc(F)c3)n1)CC2.O=C(O)C(F)(F)F. The summed E-state index contributed by atoms with van der Waals surface area (Å²) in [5.74, 6) is -1.07. The minimum Gasteiger partial charge on any atom is -0.475 e. The predicted octanol–water partition coefficient (Wildman–Crippen LogP) is 2.91. The van der Waals surface area contributed by atoms with E-state index in [0.29, 0.717) is 23.9 Å². The number of H-pyrrole nitrogens is 1. The Bertz CT molecular complexity index is 1050. The first-order chi connectivity index (χ1) is 14.1. The number of carboxylic acids is 1. The minimum absolute atomic E-state index is 0.306. The van der Waals surface area contributed by atoms with Crippen LogP contribution < -0.4 is 4.90 Å². The topological polar surface area (TPSA) is 108 Å². The number of carboxylic acid groups (broad SMARTS) is 1. The molecule has 158 valence electrons. The number of anilines is 1. The van der Waals surface area contributed by atoms with Crippen LogP contribution in [0.5, 0.6) is 0 Å². The number of halogens is 4. The van der Waals surface area contributed by atoms with Crippen LogP contribution >= 0.6 is 0 Å². The fourth-order valence-electron chi connectivity index (χ4n) is 2.81. The molecule has 2 aromatic heterocycles. The number of benzene rings is 1. The van der Waals surface area contributed by atoms with Crippen molar-refractivity contribution in [2.24, 2.45) is 0 Å². The Balaban J connectivity index is 0.000000318. The van der Waals surface area contributed by atoms with Gasteiger partial charge in [-0.1, -0.05) is 12.1 Å². The second-order valence-corrected chi connectivity index (χ2v) is 6.34. The summed E-state index contributed by atoms with van der Waals surface area (Å²) in [6.07, 6.45) is -2.77. The van der Waals surface area contributed by atoms with Gasteiger partial charge in [0.2, 0.25) is 5.95 Å². The van der Waals surface area contributed by atoms with Gasteiger partial charge < -0.3 is 15.0 Å². The van der Waals surface area contributed by atoms with Crippen LogP contribution in [0, 0.1) is 12.7 Å². The van der Waals surface area contributed by atoms with Crippen LogP contribution in [0.15, 0.2) is 30.6 Å². The van der Waals surface area contributed by atoms with Crippen LogP contribution in [-0.2, 0) is 17.8 Å². The molecule has 0 bridgehead atoms. The quantitative estimate of drug-likeness (QED) is 0.609. The van der Waals surface area contributed by atoms with Crippen molar-refractivity contribution in [1.29, 1.82) is 0 Å². The van der Waals surface area contributed by atoms with E-state index in [2.05, 4.69) is 29.8 Å². The number of fused-ring (bicyclic) bond motifs is 1. The van der Waals surface area contributed by atoms with Gasteiger partial charge in [0, 0.05) is 18.5 Å². The van der Waals surface area contributed by atoms with E-state index in [1.807, 2.05) is 6.92 Å². The highest BCUT2D eigenvalue weighted by atomic mass is 19.4. The molecule has 0 fully saturated rings. The Labute approximate surface area is 167 Å². The highest BCUT2D eigenvalue weighted by Gasteiger charge is 2.38. The molecule has 12 heteroatoms. The van der Waals surface area contributed by atoms with Crippen molar-refractivity contribution in [2.45, 2.75) is 26.1 Å². The maximum atomic E-state index is 13.4. The molecular formula is C18H16F4N6O2. The molecule has 0 saturated carbocycles. The third-order valence-corrected chi connectivity index (χ3v) is 4.12. The Hall–Kier alpha value is -3.57. The van der Waals surface area contributed by atoms with Crippen LogP contribution in [0.2, 0.25) is 0 Å². The van der Waals surface area contributed by atoms with Gasteiger partial charge in [-0.2, -0.15) is 18.2 Å². The first kappa shape index (κ1) is 21.1. The van der Waals surface area contributed by atoms with Crippen LogP contribution in [0.1, 0.15) is 17.2 Å². The first-order valence-electron chi connectivity index (χ1n) is 8.68. The number of hydrogen-bond donors (Lipinski definition) is 2. The summed E-state index contributed by atoms with van der Waals surface area (Å²) in [6, 6.07) is 6.26. The molecule has 2 N–H and O–H groups in total. The fourth-order valence-corrected chi connectivity index (χ4v) is 2.81. The van der Waals surface area contributed by atoms with Gasteiger partial charge in [0.15, 0.2) is 5.82 Å². The highest BCUT2D eigenvalue weighted by Crippen LogP contribution is 2.22. The van der Waals surface area contributed by atoms with Crippen LogP contribution in [0.25, 0.3) is 11.4 Å². The zero-order chi connectivity index (χ0) is 21.9. The molecule has 0 unspecified atom stereocenters. The van der Waals surface area contributed by atoms with Crippen molar-refractivity contribution in [2.75, 3.05) is 11.4 Å². The van der Waals surface area contributed by atoms with Crippen molar-refractivity contribution in [3.8, 4) is 11.4 Å². The number of alkyl halides is 3. The fraction of sp³-hybridized carbons (Fsp3) is 0.278. The minimum atomic E-state index is -5.08. The van der Waals surface area contributed by atoms with Crippen LogP contribution in [0.3, 0.4) is 0 Å². The molecule has 3 heterocycles. The normalized spacial score (nSPS) is 13.3. The first-order valence-corrected chi connectivity index (χ1v) is 8.68. The monoisotopic (exact) mass is 424 g/mol. The van der Waals surface area contributed by atoms with Gasteiger partial charge in [-0.25, -0.2) is 24.1 Å². The lowest BCUT2D eigenvalue weighted by Crippen LogP contribution is -2.32. The molecular weight excluding hydrogens is 408 g/mol. The number of rotatable bonds is 2. The second-order valence-electron chi connectivity index (χ2n) is 6.34. The van der Waals surface area contributed by atoms with E-state index in [-0.39, 0.29) is 5.82 Å². The van der Waals surface area contributed by atoms with Crippen LogP contribution in [-0.4, -0.2) is 48.7 Å².